The lowest BCUT2D eigenvalue weighted by Crippen LogP contribution is -2.58. The molecule has 0 radical (unpaired) electrons. The predicted molar refractivity (Wildman–Crippen MR) is 108 cm³/mol. The van der Waals surface area contributed by atoms with Crippen molar-refractivity contribution in [3.63, 3.8) is 0 Å². The van der Waals surface area contributed by atoms with Gasteiger partial charge in [-0.15, -0.1) is 0 Å². The van der Waals surface area contributed by atoms with Crippen LogP contribution in [0.4, 0.5) is 0 Å². The van der Waals surface area contributed by atoms with Crippen LogP contribution in [0.15, 0.2) is 23.8 Å². The predicted octanol–water partition coefficient (Wildman–Crippen LogP) is 3.40. The first kappa shape index (κ1) is 20.5. The van der Waals surface area contributed by atoms with Crippen LogP contribution in [0, 0.1) is 34.5 Å². The quantitative estimate of drug-likeness (QED) is 0.735. The fourth-order valence-corrected chi connectivity index (χ4v) is 7.38. The Labute approximate surface area is 172 Å². The van der Waals surface area contributed by atoms with E-state index >= 15 is 0 Å². The summed E-state index contributed by atoms with van der Waals surface area (Å²) in [6.45, 7) is 7.44. The normalized spacial score (nSPS) is 45.7. The van der Waals surface area contributed by atoms with Gasteiger partial charge in [0.2, 0.25) is 5.78 Å². The van der Waals surface area contributed by atoms with Gasteiger partial charge in [0, 0.05) is 17.8 Å². The molecule has 4 rings (SSSR count). The van der Waals surface area contributed by atoms with Gasteiger partial charge in [0.15, 0.2) is 12.4 Å². The Balaban J connectivity index is 1.65. The molecule has 0 saturated heterocycles. The van der Waals surface area contributed by atoms with Gasteiger partial charge in [-0.25, -0.2) is 0 Å². The van der Waals surface area contributed by atoms with Gasteiger partial charge < -0.3 is 9.84 Å². The summed E-state index contributed by atoms with van der Waals surface area (Å²) >= 11 is 0. The van der Waals surface area contributed by atoms with Crippen LogP contribution < -0.4 is 0 Å². The van der Waals surface area contributed by atoms with Crippen molar-refractivity contribution in [1.82, 2.24) is 0 Å². The maximum absolute atomic E-state index is 12.9. The first-order valence-corrected chi connectivity index (χ1v) is 10.9. The van der Waals surface area contributed by atoms with Crippen molar-refractivity contribution >= 4 is 17.5 Å². The van der Waals surface area contributed by atoms with Crippen LogP contribution in [0.3, 0.4) is 0 Å². The number of esters is 1. The molecule has 4 aliphatic carbocycles. The largest absolute Gasteiger partial charge is 0.458 e. The van der Waals surface area contributed by atoms with Crippen LogP contribution >= 0.6 is 0 Å². The average molecular weight is 401 g/mol. The number of rotatable bonds is 3. The lowest BCUT2D eigenvalue weighted by molar-refractivity contribution is -0.169. The first-order chi connectivity index (χ1) is 13.5. The van der Waals surface area contributed by atoms with E-state index in [4.69, 9.17) is 4.74 Å². The molecule has 0 heterocycles. The molecule has 158 valence electrons. The van der Waals surface area contributed by atoms with Crippen molar-refractivity contribution in [3.05, 3.63) is 23.8 Å². The Bertz CT molecular complexity index is 825. The zero-order valence-electron chi connectivity index (χ0n) is 17.9. The fraction of sp³-hybridized carbons (Fsp3) is 0.708. The van der Waals surface area contributed by atoms with E-state index in [0.29, 0.717) is 24.2 Å². The fourth-order valence-electron chi connectivity index (χ4n) is 7.38. The van der Waals surface area contributed by atoms with Crippen molar-refractivity contribution in [2.45, 2.75) is 65.4 Å². The molecular formula is C24H32O5. The topological polar surface area (TPSA) is 80.7 Å². The third kappa shape index (κ3) is 2.80. The number of hydrogen-bond donors (Lipinski definition) is 1. The lowest BCUT2D eigenvalue weighted by Gasteiger charge is -2.59. The molecular weight excluding hydrogens is 368 g/mol. The van der Waals surface area contributed by atoms with Crippen LogP contribution in [0.5, 0.6) is 0 Å². The second-order valence-electron chi connectivity index (χ2n) is 10.2. The van der Waals surface area contributed by atoms with Gasteiger partial charge in [-0.1, -0.05) is 32.4 Å². The van der Waals surface area contributed by atoms with Crippen LogP contribution in [0.1, 0.15) is 59.8 Å². The Hall–Kier alpha value is -1.75. The van der Waals surface area contributed by atoms with Gasteiger partial charge in [0.1, 0.15) is 5.60 Å². The smallest absolute Gasteiger partial charge is 0.303 e. The van der Waals surface area contributed by atoms with Gasteiger partial charge in [0.25, 0.3) is 0 Å². The highest BCUT2D eigenvalue weighted by atomic mass is 16.5. The Kier molecular flexibility index (Phi) is 4.69. The van der Waals surface area contributed by atoms with Crippen molar-refractivity contribution in [2.75, 3.05) is 6.61 Å². The van der Waals surface area contributed by atoms with Gasteiger partial charge in [0.05, 0.1) is 0 Å². The molecule has 0 spiro atoms. The lowest BCUT2D eigenvalue weighted by atomic mass is 9.45. The molecule has 4 aliphatic rings. The highest BCUT2D eigenvalue weighted by molar-refractivity contribution is 6.01. The summed E-state index contributed by atoms with van der Waals surface area (Å²) in [6, 6.07) is 0. The van der Waals surface area contributed by atoms with E-state index in [-0.39, 0.29) is 29.5 Å². The van der Waals surface area contributed by atoms with Crippen molar-refractivity contribution in [2.24, 2.45) is 34.5 Å². The zero-order valence-corrected chi connectivity index (χ0v) is 17.9. The molecule has 3 unspecified atom stereocenters. The van der Waals surface area contributed by atoms with Gasteiger partial charge in [-0.3, -0.25) is 14.4 Å². The van der Waals surface area contributed by atoms with E-state index < -0.39 is 17.0 Å². The number of carbonyl (C=O) groups is 3. The van der Waals surface area contributed by atoms with E-state index in [1.165, 1.54) is 12.5 Å². The first-order valence-electron chi connectivity index (χ1n) is 10.9. The molecule has 0 bridgehead atoms. The number of carbonyl (C=O) groups excluding carboxylic acids is 3. The van der Waals surface area contributed by atoms with Crippen LogP contribution in [0.2, 0.25) is 0 Å². The van der Waals surface area contributed by atoms with Crippen LogP contribution in [0.25, 0.3) is 0 Å². The summed E-state index contributed by atoms with van der Waals surface area (Å²) < 4.78 is 4.93. The van der Waals surface area contributed by atoms with Gasteiger partial charge in [-0.05, 0) is 67.9 Å². The molecule has 0 aliphatic heterocycles. The number of ether oxygens (including phenoxy) is 1. The highest BCUT2D eigenvalue weighted by Gasteiger charge is 2.66. The second kappa shape index (κ2) is 6.63. The maximum Gasteiger partial charge on any atom is 0.303 e. The minimum atomic E-state index is -1.43. The average Bonchev–Trinajstić information content (AvgIpc) is 2.94. The Morgan fingerprint density at radius 1 is 1.21 bits per heavy atom. The third-order valence-electron chi connectivity index (χ3n) is 8.90. The SMILES string of the molecule is CC(=O)OCC(=O)[C@@]1(O)CCC2C3C[C@H](C)C4=CC(=O)C=C[C@]4(C)C3CC[C@@]21C. The standard InChI is InChI=1S/C24H32O5/c1-14-11-17-18(22(3)8-5-16(26)12-20(14)22)6-9-23(4)19(17)7-10-24(23,28)21(27)13-29-15(2)25/h5,8,12,14,17-19,28H,6-7,9-11,13H2,1-4H3/t14-,17?,18?,19?,22+,23-,24-/m0/s1. The molecule has 1 N–H and O–H groups in total. The number of Topliss-reactive ketones (excluding diaryl/α,β-unsaturated/α-hetero) is 1. The third-order valence-corrected chi connectivity index (χ3v) is 8.90. The molecule has 29 heavy (non-hydrogen) atoms. The summed E-state index contributed by atoms with van der Waals surface area (Å²) in [5, 5.41) is 11.5. The minimum Gasteiger partial charge on any atom is -0.458 e. The zero-order chi connectivity index (χ0) is 21.2. The van der Waals surface area contributed by atoms with E-state index in [0.717, 1.165) is 25.7 Å². The number of allylic oxidation sites excluding steroid dienone is 4. The second-order valence-corrected chi connectivity index (χ2v) is 10.2. The van der Waals surface area contributed by atoms with Gasteiger partial charge >= 0.3 is 5.97 Å². The molecule has 0 amide bonds. The van der Waals surface area contributed by atoms with E-state index in [1.807, 2.05) is 6.08 Å². The molecule has 0 aromatic heterocycles. The number of hydrogen-bond acceptors (Lipinski definition) is 5. The summed E-state index contributed by atoms with van der Waals surface area (Å²) in [7, 11) is 0. The monoisotopic (exact) mass is 400 g/mol. The molecule has 7 atom stereocenters. The molecule has 3 saturated carbocycles. The van der Waals surface area contributed by atoms with Crippen LogP contribution in [-0.2, 0) is 19.1 Å². The number of ketones is 2. The van der Waals surface area contributed by atoms with Crippen molar-refractivity contribution < 1.29 is 24.2 Å². The minimum absolute atomic E-state index is 0.0785. The molecule has 3 fully saturated rings. The van der Waals surface area contributed by atoms with E-state index in [9.17, 15) is 19.5 Å². The van der Waals surface area contributed by atoms with Crippen LogP contribution in [-0.4, -0.2) is 34.9 Å². The Morgan fingerprint density at radius 3 is 2.59 bits per heavy atom. The molecule has 0 aromatic carbocycles. The summed E-state index contributed by atoms with van der Waals surface area (Å²) in [5.41, 5.74) is -0.817. The summed E-state index contributed by atoms with van der Waals surface area (Å²) in [6.07, 6.45) is 9.56. The van der Waals surface area contributed by atoms with E-state index in [2.05, 4.69) is 26.8 Å². The van der Waals surface area contributed by atoms with E-state index in [1.54, 1.807) is 6.08 Å². The molecule has 0 aromatic rings. The van der Waals surface area contributed by atoms with Crippen molar-refractivity contribution in [3.8, 4) is 0 Å². The van der Waals surface area contributed by atoms with Gasteiger partial charge in [-0.2, -0.15) is 0 Å². The summed E-state index contributed by atoms with van der Waals surface area (Å²) in [4.78, 5) is 36.1. The number of aliphatic hydroxyl groups is 1. The van der Waals surface area contributed by atoms with Crippen molar-refractivity contribution in [1.29, 1.82) is 0 Å². The summed E-state index contributed by atoms with van der Waals surface area (Å²) in [5.74, 6) is 0.585. The Morgan fingerprint density at radius 2 is 1.90 bits per heavy atom. The number of fused-ring (bicyclic) bond motifs is 5. The highest BCUT2D eigenvalue weighted by Crippen LogP contribution is 2.67. The maximum atomic E-state index is 12.9. The molecule has 5 nitrogen and oxygen atoms in total. The molecule has 5 heteroatoms.